The molecule has 3 fully saturated rings. The quantitative estimate of drug-likeness (QED) is 0.477. The van der Waals surface area contributed by atoms with Gasteiger partial charge >= 0.3 is 0 Å². The minimum Gasteiger partial charge on any atom is -0.393 e. The molecule has 1 saturated heterocycles. The molecule has 0 amide bonds. The second-order valence-corrected chi connectivity index (χ2v) is 13.2. The Hall–Kier alpha value is -2.77. The molecule has 4 aliphatic carbocycles. The van der Waals surface area contributed by atoms with Crippen LogP contribution in [0.1, 0.15) is 63.6 Å². The standard InChI is InChI=1S/C32H39N5O2/c1-31-11-9-23(38)17-21(31)5-8-24-26(31)10-12-32(2)27(24)18-25-28(37-30(33-19-34-37)35-29(25)32)20-3-6-22(7-4-20)36-13-15-39-16-14-36/h3-7,19,23-24,26-27,38H,8-18H2,1-2H3/t23-,24+,26-,27-,31-,32-/m0/s1. The van der Waals surface area contributed by atoms with Crippen LogP contribution >= 0.6 is 0 Å². The van der Waals surface area contributed by atoms with Crippen LogP contribution in [-0.2, 0) is 16.6 Å². The summed E-state index contributed by atoms with van der Waals surface area (Å²) in [5.41, 5.74) is 8.08. The summed E-state index contributed by atoms with van der Waals surface area (Å²) in [6.07, 6.45) is 11.5. The van der Waals surface area contributed by atoms with E-state index in [1.54, 1.807) is 6.33 Å². The van der Waals surface area contributed by atoms with Crippen molar-refractivity contribution in [2.24, 2.45) is 23.2 Å². The first kappa shape index (κ1) is 24.1. The molecule has 7 nitrogen and oxygen atoms in total. The van der Waals surface area contributed by atoms with E-state index in [9.17, 15) is 5.11 Å². The van der Waals surface area contributed by atoms with Gasteiger partial charge in [0, 0.05) is 35.3 Å². The van der Waals surface area contributed by atoms with E-state index in [0.29, 0.717) is 23.5 Å². The molecular formula is C32H39N5O2. The van der Waals surface area contributed by atoms with E-state index in [2.05, 4.69) is 59.2 Å². The summed E-state index contributed by atoms with van der Waals surface area (Å²) in [5.74, 6) is 2.62. The predicted octanol–water partition coefficient (Wildman–Crippen LogP) is 4.97. The third-order valence-corrected chi connectivity index (χ3v) is 11.5. The summed E-state index contributed by atoms with van der Waals surface area (Å²) in [4.78, 5) is 12.2. The van der Waals surface area contributed by atoms with Crippen LogP contribution in [0.3, 0.4) is 0 Å². The zero-order chi connectivity index (χ0) is 26.4. The molecular weight excluding hydrogens is 486 g/mol. The molecule has 5 aliphatic rings. The molecule has 2 saturated carbocycles. The van der Waals surface area contributed by atoms with Crippen molar-refractivity contribution in [1.82, 2.24) is 19.6 Å². The maximum absolute atomic E-state index is 10.4. The number of aliphatic hydroxyl groups excluding tert-OH is 1. The number of hydrogen-bond acceptors (Lipinski definition) is 6. The number of aromatic nitrogens is 4. The van der Waals surface area contributed by atoms with Gasteiger partial charge in [0.15, 0.2) is 0 Å². The lowest BCUT2D eigenvalue weighted by Gasteiger charge is -2.57. The Bertz CT molecular complexity index is 1460. The lowest BCUT2D eigenvalue weighted by atomic mass is 9.48. The van der Waals surface area contributed by atoms with Crippen molar-refractivity contribution >= 4 is 11.5 Å². The highest BCUT2D eigenvalue weighted by atomic mass is 16.5. The summed E-state index contributed by atoms with van der Waals surface area (Å²) in [5, 5.41) is 15.1. The van der Waals surface area contributed by atoms with Crippen molar-refractivity contribution in [3.63, 3.8) is 0 Å². The van der Waals surface area contributed by atoms with Crippen LogP contribution in [0.4, 0.5) is 5.69 Å². The number of rotatable bonds is 2. The number of benzene rings is 1. The van der Waals surface area contributed by atoms with Gasteiger partial charge in [-0.15, -0.1) is 0 Å². The minimum absolute atomic E-state index is 0.0581. The van der Waals surface area contributed by atoms with Gasteiger partial charge < -0.3 is 14.7 Å². The first-order valence-corrected chi connectivity index (χ1v) is 15.0. The van der Waals surface area contributed by atoms with Gasteiger partial charge in [-0.2, -0.15) is 14.6 Å². The molecule has 1 aromatic carbocycles. The molecule has 39 heavy (non-hydrogen) atoms. The molecule has 204 valence electrons. The number of anilines is 1. The molecule has 3 aromatic rings. The number of allylic oxidation sites excluding steroid dienone is 1. The molecule has 0 unspecified atom stereocenters. The smallest absolute Gasteiger partial charge is 0.252 e. The molecule has 1 N–H and O–H groups in total. The minimum atomic E-state index is -0.157. The van der Waals surface area contributed by atoms with Crippen LogP contribution in [0, 0.1) is 23.2 Å². The molecule has 0 spiro atoms. The second-order valence-electron chi connectivity index (χ2n) is 13.2. The van der Waals surface area contributed by atoms with Crippen molar-refractivity contribution in [1.29, 1.82) is 0 Å². The molecule has 7 heteroatoms. The van der Waals surface area contributed by atoms with Gasteiger partial charge in [-0.3, -0.25) is 0 Å². The molecule has 6 atom stereocenters. The highest BCUT2D eigenvalue weighted by molar-refractivity contribution is 5.70. The summed E-state index contributed by atoms with van der Waals surface area (Å²) >= 11 is 0. The normalized spacial score (nSPS) is 35.7. The lowest BCUT2D eigenvalue weighted by molar-refractivity contribution is -0.0169. The van der Waals surface area contributed by atoms with Crippen LogP contribution in [-0.4, -0.2) is 57.1 Å². The topological polar surface area (TPSA) is 75.8 Å². The van der Waals surface area contributed by atoms with Crippen LogP contribution < -0.4 is 4.90 Å². The number of ether oxygens (including phenoxy) is 1. The first-order valence-electron chi connectivity index (χ1n) is 15.0. The number of fused-ring (bicyclic) bond motifs is 8. The van der Waals surface area contributed by atoms with Crippen LogP contribution in [0.2, 0.25) is 0 Å². The Kier molecular flexibility index (Phi) is 5.31. The molecule has 8 rings (SSSR count). The maximum atomic E-state index is 10.4. The summed E-state index contributed by atoms with van der Waals surface area (Å²) < 4.78 is 7.53. The highest BCUT2D eigenvalue weighted by Gasteiger charge is 2.58. The van der Waals surface area contributed by atoms with Crippen LogP contribution in [0.15, 0.2) is 42.2 Å². The lowest BCUT2D eigenvalue weighted by Crippen LogP contribution is -2.51. The van der Waals surface area contributed by atoms with E-state index in [1.165, 1.54) is 46.6 Å². The SMILES string of the molecule is C[C@]12CC[C@H](O)CC1=CC[C@@H]1[C@@H]2CC[C@]2(C)c3nc4ncnn4c(-c4ccc(N5CCOCC5)cc4)c3C[C@@H]12. The first-order chi connectivity index (χ1) is 19.0. The Morgan fingerprint density at radius 1 is 0.974 bits per heavy atom. The van der Waals surface area contributed by atoms with Crippen molar-refractivity contribution < 1.29 is 9.84 Å². The number of aliphatic hydroxyl groups is 1. The van der Waals surface area contributed by atoms with Crippen LogP contribution in [0.25, 0.3) is 17.0 Å². The number of hydrogen-bond donors (Lipinski definition) is 1. The highest BCUT2D eigenvalue weighted by Crippen LogP contribution is 2.64. The Labute approximate surface area is 230 Å². The Balaban J connectivity index is 1.20. The largest absolute Gasteiger partial charge is 0.393 e. The average molecular weight is 526 g/mol. The van der Waals surface area contributed by atoms with Gasteiger partial charge in [0.25, 0.3) is 5.78 Å². The fraction of sp³-hybridized carbons (Fsp3) is 0.594. The average Bonchev–Trinajstić information content (AvgIpc) is 3.55. The van der Waals surface area contributed by atoms with E-state index < -0.39 is 0 Å². The monoisotopic (exact) mass is 525 g/mol. The van der Waals surface area contributed by atoms with Crippen molar-refractivity contribution in [2.45, 2.75) is 70.3 Å². The summed E-state index contributed by atoms with van der Waals surface area (Å²) in [6.45, 7) is 8.44. The van der Waals surface area contributed by atoms with Gasteiger partial charge in [0.2, 0.25) is 0 Å². The number of nitrogens with zero attached hydrogens (tertiary/aromatic N) is 5. The van der Waals surface area contributed by atoms with Gasteiger partial charge in [-0.25, -0.2) is 4.98 Å². The molecule has 1 aliphatic heterocycles. The van der Waals surface area contributed by atoms with Crippen molar-refractivity contribution in [2.75, 3.05) is 31.2 Å². The summed E-state index contributed by atoms with van der Waals surface area (Å²) in [7, 11) is 0. The molecule has 2 aromatic heterocycles. The van der Waals surface area contributed by atoms with Gasteiger partial charge in [-0.05, 0) is 80.2 Å². The fourth-order valence-corrected chi connectivity index (χ4v) is 9.34. The van der Waals surface area contributed by atoms with E-state index in [4.69, 9.17) is 9.72 Å². The fourth-order valence-electron chi connectivity index (χ4n) is 9.34. The van der Waals surface area contributed by atoms with Crippen molar-refractivity contribution in [3.8, 4) is 11.3 Å². The predicted molar refractivity (Wildman–Crippen MR) is 151 cm³/mol. The zero-order valence-corrected chi connectivity index (χ0v) is 23.1. The van der Waals surface area contributed by atoms with Crippen LogP contribution in [0.5, 0.6) is 0 Å². The second kappa shape index (κ2) is 8.61. The van der Waals surface area contributed by atoms with Crippen molar-refractivity contribution in [3.05, 3.63) is 53.5 Å². The molecule has 0 radical (unpaired) electrons. The van der Waals surface area contributed by atoms with E-state index in [1.807, 2.05) is 4.52 Å². The van der Waals surface area contributed by atoms with E-state index >= 15 is 0 Å². The van der Waals surface area contributed by atoms with Gasteiger partial charge in [0.1, 0.15) is 6.33 Å². The van der Waals surface area contributed by atoms with Gasteiger partial charge in [-0.1, -0.05) is 37.6 Å². The third kappa shape index (κ3) is 3.45. The maximum Gasteiger partial charge on any atom is 0.252 e. The van der Waals surface area contributed by atoms with E-state index in [-0.39, 0.29) is 16.9 Å². The molecule has 3 heterocycles. The van der Waals surface area contributed by atoms with Gasteiger partial charge in [0.05, 0.1) is 30.7 Å². The zero-order valence-electron chi connectivity index (χ0n) is 23.1. The third-order valence-electron chi connectivity index (χ3n) is 11.5. The number of morpholine rings is 1. The van der Waals surface area contributed by atoms with E-state index in [0.717, 1.165) is 58.4 Å². The summed E-state index contributed by atoms with van der Waals surface area (Å²) in [6, 6.07) is 9.03. The Morgan fingerprint density at radius 2 is 1.77 bits per heavy atom. The molecule has 0 bridgehead atoms. The Morgan fingerprint density at radius 3 is 2.59 bits per heavy atom.